The fraction of sp³-hybridized carbons (Fsp3) is 0.417. The van der Waals surface area contributed by atoms with Crippen molar-refractivity contribution in [3.8, 4) is 0 Å². The van der Waals surface area contributed by atoms with Gasteiger partial charge in [0.15, 0.2) is 5.90 Å². The second-order valence-corrected chi connectivity index (χ2v) is 3.34. The van der Waals surface area contributed by atoms with Gasteiger partial charge in [0.2, 0.25) is 0 Å². The lowest BCUT2D eigenvalue weighted by Gasteiger charge is -2.04. The van der Waals surface area contributed by atoms with E-state index < -0.39 is 0 Å². The van der Waals surface area contributed by atoms with E-state index in [1.165, 1.54) is 11.1 Å². The summed E-state index contributed by atoms with van der Waals surface area (Å²) in [6.07, 6.45) is 1.58. The van der Waals surface area contributed by atoms with Gasteiger partial charge in [-0.25, -0.2) is 0 Å². The third-order valence-corrected chi connectivity index (χ3v) is 2.08. The van der Waals surface area contributed by atoms with Crippen LogP contribution in [0.15, 0.2) is 24.3 Å². The van der Waals surface area contributed by atoms with E-state index in [9.17, 15) is 0 Å². The van der Waals surface area contributed by atoms with Gasteiger partial charge in [-0.2, -0.15) is 0 Å². The van der Waals surface area contributed by atoms with Crippen LogP contribution >= 0.6 is 0 Å². The lowest BCUT2D eigenvalue weighted by Crippen LogP contribution is -2.04. The Labute approximate surface area is 85.4 Å². The Kier molecular flexibility index (Phi) is 4.17. The number of rotatable bonds is 4. The highest BCUT2D eigenvalue weighted by molar-refractivity contribution is 5.72. The molecule has 2 nitrogen and oxygen atoms in total. The fourth-order valence-corrected chi connectivity index (χ4v) is 1.26. The van der Waals surface area contributed by atoms with Crippen molar-refractivity contribution < 1.29 is 4.74 Å². The quantitative estimate of drug-likeness (QED) is 0.576. The summed E-state index contributed by atoms with van der Waals surface area (Å²) in [7, 11) is 0. The molecule has 0 saturated heterocycles. The maximum absolute atomic E-state index is 7.46. The first-order valence-electron chi connectivity index (χ1n) is 4.98. The summed E-state index contributed by atoms with van der Waals surface area (Å²) in [5, 5.41) is 7.46. The third kappa shape index (κ3) is 3.60. The van der Waals surface area contributed by atoms with Crippen molar-refractivity contribution >= 4 is 5.90 Å². The van der Waals surface area contributed by atoms with Gasteiger partial charge in [-0.1, -0.05) is 29.8 Å². The Morgan fingerprint density at radius 1 is 1.29 bits per heavy atom. The van der Waals surface area contributed by atoms with Gasteiger partial charge < -0.3 is 4.74 Å². The van der Waals surface area contributed by atoms with Crippen molar-refractivity contribution in [2.24, 2.45) is 0 Å². The van der Waals surface area contributed by atoms with Crippen LogP contribution in [0, 0.1) is 12.3 Å². The highest BCUT2D eigenvalue weighted by atomic mass is 16.5. The van der Waals surface area contributed by atoms with Crippen LogP contribution in [-0.2, 0) is 11.2 Å². The first-order chi connectivity index (χ1) is 6.72. The number of benzene rings is 1. The summed E-state index contributed by atoms with van der Waals surface area (Å²) < 4.78 is 5.07. The minimum Gasteiger partial charge on any atom is -0.481 e. The summed E-state index contributed by atoms with van der Waals surface area (Å²) in [6.45, 7) is 4.57. The molecule has 0 amide bonds. The van der Waals surface area contributed by atoms with Gasteiger partial charge >= 0.3 is 0 Å². The zero-order chi connectivity index (χ0) is 10.4. The Morgan fingerprint density at radius 3 is 2.50 bits per heavy atom. The monoisotopic (exact) mass is 191 g/mol. The van der Waals surface area contributed by atoms with Crippen molar-refractivity contribution in [2.75, 3.05) is 6.61 Å². The molecular formula is C12H17NO. The van der Waals surface area contributed by atoms with Crippen LogP contribution in [0.25, 0.3) is 0 Å². The molecule has 1 aromatic carbocycles. The largest absolute Gasteiger partial charge is 0.481 e. The van der Waals surface area contributed by atoms with Crippen LogP contribution < -0.4 is 0 Å². The molecule has 0 aromatic heterocycles. The van der Waals surface area contributed by atoms with Crippen molar-refractivity contribution in [1.29, 1.82) is 5.41 Å². The molecule has 0 fully saturated rings. The molecule has 0 unspecified atom stereocenters. The molecule has 0 atom stereocenters. The molecule has 0 aliphatic rings. The highest BCUT2D eigenvalue weighted by Gasteiger charge is 1.98. The zero-order valence-electron chi connectivity index (χ0n) is 8.84. The predicted molar refractivity (Wildman–Crippen MR) is 58.9 cm³/mol. The normalized spacial score (nSPS) is 9.86. The Bertz CT molecular complexity index is 290. The third-order valence-electron chi connectivity index (χ3n) is 2.08. The summed E-state index contributed by atoms with van der Waals surface area (Å²) in [6, 6.07) is 8.41. The highest BCUT2D eigenvalue weighted by Crippen LogP contribution is 2.06. The van der Waals surface area contributed by atoms with Gasteiger partial charge in [-0.3, -0.25) is 5.41 Å². The number of ether oxygens (including phenoxy) is 1. The maximum Gasteiger partial charge on any atom is 0.180 e. The molecule has 76 valence electrons. The van der Waals surface area contributed by atoms with Crippen LogP contribution in [0.4, 0.5) is 0 Å². The predicted octanol–water partition coefficient (Wildman–Crippen LogP) is 2.94. The first-order valence-corrected chi connectivity index (χ1v) is 4.98. The van der Waals surface area contributed by atoms with E-state index in [4.69, 9.17) is 10.1 Å². The molecule has 14 heavy (non-hydrogen) atoms. The lowest BCUT2D eigenvalue weighted by atomic mass is 10.1. The van der Waals surface area contributed by atoms with Crippen molar-refractivity contribution in [2.45, 2.75) is 26.7 Å². The molecule has 1 rings (SSSR count). The summed E-state index contributed by atoms with van der Waals surface area (Å²) in [5.41, 5.74) is 2.54. The molecule has 1 aromatic rings. The van der Waals surface area contributed by atoms with Crippen LogP contribution in [0.5, 0.6) is 0 Å². The van der Waals surface area contributed by atoms with Crippen LogP contribution in [-0.4, -0.2) is 12.5 Å². The van der Waals surface area contributed by atoms with E-state index in [-0.39, 0.29) is 0 Å². The van der Waals surface area contributed by atoms with Gasteiger partial charge in [-0.05, 0) is 25.8 Å². The zero-order valence-corrected chi connectivity index (χ0v) is 8.84. The molecule has 2 heteroatoms. The molecule has 0 radical (unpaired) electrons. The fourth-order valence-electron chi connectivity index (χ4n) is 1.26. The van der Waals surface area contributed by atoms with Gasteiger partial charge in [0.1, 0.15) is 0 Å². The van der Waals surface area contributed by atoms with E-state index in [2.05, 4.69) is 31.2 Å². The number of hydrogen-bond donors (Lipinski definition) is 1. The second kappa shape index (κ2) is 5.43. The smallest absolute Gasteiger partial charge is 0.180 e. The minimum atomic E-state index is 0.382. The lowest BCUT2D eigenvalue weighted by molar-refractivity contribution is 0.314. The van der Waals surface area contributed by atoms with Crippen molar-refractivity contribution in [1.82, 2.24) is 0 Å². The van der Waals surface area contributed by atoms with Crippen LogP contribution in [0.1, 0.15) is 24.5 Å². The summed E-state index contributed by atoms with van der Waals surface area (Å²) >= 11 is 0. The molecule has 0 aliphatic heterocycles. The standard InChI is InChI=1S/C12H17NO/c1-3-14-12(13)9-8-11-6-4-10(2)5-7-11/h4-7,13H,3,8-9H2,1-2H3. The second-order valence-electron chi connectivity index (χ2n) is 3.34. The van der Waals surface area contributed by atoms with E-state index in [0.29, 0.717) is 18.9 Å². The molecular weight excluding hydrogens is 174 g/mol. The summed E-state index contributed by atoms with van der Waals surface area (Å²) in [5.74, 6) is 0.382. The Morgan fingerprint density at radius 2 is 1.93 bits per heavy atom. The van der Waals surface area contributed by atoms with E-state index >= 15 is 0 Å². The van der Waals surface area contributed by atoms with Gasteiger partial charge in [0.25, 0.3) is 0 Å². The number of aryl methyl sites for hydroxylation is 2. The SMILES string of the molecule is CCOC(=N)CCc1ccc(C)cc1. The minimum absolute atomic E-state index is 0.382. The van der Waals surface area contributed by atoms with E-state index in [1.54, 1.807) is 0 Å². The Balaban J connectivity index is 2.38. The topological polar surface area (TPSA) is 33.1 Å². The van der Waals surface area contributed by atoms with E-state index in [0.717, 1.165) is 6.42 Å². The molecule has 0 heterocycles. The average molecular weight is 191 g/mol. The number of hydrogen-bond acceptors (Lipinski definition) is 2. The molecule has 0 spiro atoms. The van der Waals surface area contributed by atoms with Gasteiger partial charge in [-0.15, -0.1) is 0 Å². The Hall–Kier alpha value is -1.31. The van der Waals surface area contributed by atoms with Gasteiger partial charge in [0.05, 0.1) is 6.61 Å². The van der Waals surface area contributed by atoms with Crippen molar-refractivity contribution in [3.05, 3.63) is 35.4 Å². The number of nitrogens with one attached hydrogen (secondary N) is 1. The molecule has 0 aliphatic carbocycles. The molecule has 1 N–H and O–H groups in total. The van der Waals surface area contributed by atoms with Crippen molar-refractivity contribution in [3.63, 3.8) is 0 Å². The van der Waals surface area contributed by atoms with Crippen LogP contribution in [0.3, 0.4) is 0 Å². The van der Waals surface area contributed by atoms with Gasteiger partial charge in [0, 0.05) is 6.42 Å². The first kappa shape index (κ1) is 10.8. The van der Waals surface area contributed by atoms with E-state index in [1.807, 2.05) is 6.92 Å². The average Bonchev–Trinajstić information content (AvgIpc) is 2.17. The molecule has 0 saturated carbocycles. The summed E-state index contributed by atoms with van der Waals surface area (Å²) in [4.78, 5) is 0. The molecule has 0 bridgehead atoms. The maximum atomic E-state index is 7.46. The van der Waals surface area contributed by atoms with Crippen LogP contribution in [0.2, 0.25) is 0 Å².